The maximum absolute atomic E-state index is 13.3. The van der Waals surface area contributed by atoms with Gasteiger partial charge in [0.25, 0.3) is 5.91 Å². The highest BCUT2D eigenvalue weighted by Crippen LogP contribution is 2.31. The molecule has 0 N–H and O–H groups in total. The maximum atomic E-state index is 13.3. The van der Waals surface area contributed by atoms with E-state index in [1.54, 1.807) is 0 Å². The first-order chi connectivity index (χ1) is 11.9. The normalized spacial score (nSPS) is 14.8. The van der Waals surface area contributed by atoms with E-state index in [4.69, 9.17) is 5.10 Å². The van der Waals surface area contributed by atoms with Crippen molar-refractivity contribution in [3.63, 3.8) is 0 Å². The molecule has 1 saturated heterocycles. The van der Waals surface area contributed by atoms with Gasteiger partial charge in [0.15, 0.2) is 0 Å². The molecule has 1 amide bonds. The minimum absolute atomic E-state index is 0.156. The Kier molecular flexibility index (Phi) is 4.98. The Morgan fingerprint density at radius 2 is 1.60 bits per heavy atom. The van der Waals surface area contributed by atoms with Crippen molar-refractivity contribution in [1.29, 1.82) is 0 Å². The Labute approximate surface area is 150 Å². The van der Waals surface area contributed by atoms with Crippen molar-refractivity contribution in [3.8, 4) is 5.69 Å². The van der Waals surface area contributed by atoms with Crippen LogP contribution >= 0.6 is 0 Å². The first-order valence-electron chi connectivity index (χ1n) is 9.39. The molecule has 4 heteroatoms. The summed E-state index contributed by atoms with van der Waals surface area (Å²) in [5.41, 5.74) is 5.02. The first kappa shape index (κ1) is 17.7. The predicted octanol–water partition coefficient (Wildman–Crippen LogP) is 4.66. The summed E-state index contributed by atoms with van der Waals surface area (Å²) in [7, 11) is 0. The fraction of sp³-hybridized carbons (Fsp3) is 0.524. The number of aryl methyl sites for hydroxylation is 1. The highest BCUT2D eigenvalue weighted by Gasteiger charge is 2.31. The zero-order chi connectivity index (χ0) is 18.1. The molecule has 1 aliphatic heterocycles. The second kappa shape index (κ2) is 7.03. The third-order valence-electron chi connectivity index (χ3n) is 4.93. The number of rotatable bonds is 4. The lowest BCUT2D eigenvalue weighted by atomic mass is 9.97. The summed E-state index contributed by atoms with van der Waals surface area (Å²) in [6.45, 7) is 12.3. The van der Waals surface area contributed by atoms with Crippen LogP contribution in [0.15, 0.2) is 24.3 Å². The smallest absolute Gasteiger partial charge is 0.257 e. The van der Waals surface area contributed by atoms with Crippen molar-refractivity contribution in [1.82, 2.24) is 14.7 Å². The van der Waals surface area contributed by atoms with E-state index in [1.807, 2.05) is 9.58 Å². The lowest BCUT2D eigenvalue weighted by Gasteiger charge is -2.19. The summed E-state index contributed by atoms with van der Waals surface area (Å²) in [6.07, 6.45) is 2.21. The zero-order valence-corrected chi connectivity index (χ0v) is 16.0. The van der Waals surface area contributed by atoms with Crippen LogP contribution in [0.2, 0.25) is 0 Å². The highest BCUT2D eigenvalue weighted by atomic mass is 16.2. The lowest BCUT2D eigenvalue weighted by molar-refractivity contribution is 0.0789. The first-order valence-corrected chi connectivity index (χ1v) is 9.39. The second-order valence-corrected chi connectivity index (χ2v) is 7.70. The summed E-state index contributed by atoms with van der Waals surface area (Å²) < 4.78 is 1.99. The third-order valence-corrected chi connectivity index (χ3v) is 4.93. The number of benzene rings is 1. The Balaban J connectivity index is 2.17. The molecular weight excluding hydrogens is 310 g/mol. The van der Waals surface area contributed by atoms with E-state index in [0.717, 1.165) is 48.6 Å². The largest absolute Gasteiger partial charge is 0.339 e. The molecule has 0 spiro atoms. The predicted molar refractivity (Wildman–Crippen MR) is 102 cm³/mol. The summed E-state index contributed by atoms with van der Waals surface area (Å²) >= 11 is 0. The molecule has 0 unspecified atom stereocenters. The summed E-state index contributed by atoms with van der Waals surface area (Å²) in [5, 5.41) is 4.89. The van der Waals surface area contributed by atoms with Gasteiger partial charge in [0.2, 0.25) is 0 Å². The molecule has 25 heavy (non-hydrogen) atoms. The molecular formula is C21H29N3O. The molecule has 1 aliphatic rings. The van der Waals surface area contributed by atoms with Gasteiger partial charge in [0.1, 0.15) is 0 Å². The van der Waals surface area contributed by atoms with Gasteiger partial charge in [-0.05, 0) is 43.7 Å². The van der Waals surface area contributed by atoms with Crippen molar-refractivity contribution in [2.24, 2.45) is 0 Å². The minimum atomic E-state index is 0.156. The highest BCUT2D eigenvalue weighted by molar-refractivity contribution is 5.97. The van der Waals surface area contributed by atoms with E-state index in [-0.39, 0.29) is 17.7 Å². The van der Waals surface area contributed by atoms with Crippen LogP contribution in [-0.4, -0.2) is 33.7 Å². The van der Waals surface area contributed by atoms with Crippen molar-refractivity contribution in [2.45, 2.75) is 59.3 Å². The number of aromatic nitrogens is 2. The fourth-order valence-corrected chi connectivity index (χ4v) is 3.57. The van der Waals surface area contributed by atoms with E-state index < -0.39 is 0 Å². The summed E-state index contributed by atoms with van der Waals surface area (Å²) in [5.74, 6) is 0.594. The Morgan fingerprint density at radius 1 is 1.00 bits per heavy atom. The average Bonchev–Trinajstić information content (AvgIpc) is 3.22. The lowest BCUT2D eigenvalue weighted by Crippen LogP contribution is -2.29. The van der Waals surface area contributed by atoms with Crippen LogP contribution in [0.3, 0.4) is 0 Å². The van der Waals surface area contributed by atoms with Crippen molar-refractivity contribution in [2.75, 3.05) is 13.1 Å². The van der Waals surface area contributed by atoms with E-state index in [0.29, 0.717) is 0 Å². The zero-order valence-electron chi connectivity index (χ0n) is 16.0. The SMILES string of the molecule is Cc1ccc(-n2nc(C(C)C)c(C(=O)N3CCCC3)c2C(C)C)cc1. The van der Waals surface area contributed by atoms with Gasteiger partial charge in [-0.25, -0.2) is 4.68 Å². The van der Waals surface area contributed by atoms with Crippen LogP contribution in [0.1, 0.15) is 79.7 Å². The quantitative estimate of drug-likeness (QED) is 0.812. The maximum Gasteiger partial charge on any atom is 0.257 e. The number of hydrogen-bond acceptors (Lipinski definition) is 2. The molecule has 134 valence electrons. The number of amides is 1. The molecule has 1 aromatic heterocycles. The van der Waals surface area contributed by atoms with Crippen LogP contribution in [-0.2, 0) is 0 Å². The Hall–Kier alpha value is -2.10. The molecule has 3 rings (SSSR count). The standard InChI is InChI=1S/C21H29N3O/c1-14(2)19-18(21(25)23-12-6-7-13-23)20(15(3)4)24(22-19)17-10-8-16(5)9-11-17/h8-11,14-15H,6-7,12-13H2,1-5H3. The topological polar surface area (TPSA) is 38.1 Å². The van der Waals surface area contributed by atoms with Crippen molar-refractivity contribution < 1.29 is 4.79 Å². The van der Waals surface area contributed by atoms with Gasteiger partial charge in [0.05, 0.1) is 22.6 Å². The molecule has 0 aliphatic carbocycles. The molecule has 0 atom stereocenters. The van der Waals surface area contributed by atoms with Crippen molar-refractivity contribution in [3.05, 3.63) is 46.8 Å². The number of likely N-dealkylation sites (tertiary alicyclic amines) is 1. The summed E-state index contributed by atoms with van der Waals surface area (Å²) in [4.78, 5) is 15.3. The van der Waals surface area contributed by atoms with Gasteiger partial charge in [-0.3, -0.25) is 4.79 Å². The molecule has 2 aromatic rings. The van der Waals surface area contributed by atoms with Gasteiger partial charge in [-0.1, -0.05) is 45.4 Å². The molecule has 0 radical (unpaired) electrons. The minimum Gasteiger partial charge on any atom is -0.339 e. The van der Waals surface area contributed by atoms with Crippen LogP contribution in [0.4, 0.5) is 0 Å². The Morgan fingerprint density at radius 3 is 2.12 bits per heavy atom. The van der Waals surface area contributed by atoms with Crippen LogP contribution in [0, 0.1) is 6.92 Å². The van der Waals surface area contributed by atoms with Crippen LogP contribution < -0.4 is 0 Å². The van der Waals surface area contributed by atoms with Gasteiger partial charge in [-0.15, -0.1) is 0 Å². The fourth-order valence-electron chi connectivity index (χ4n) is 3.57. The molecule has 1 fully saturated rings. The average molecular weight is 339 g/mol. The third kappa shape index (κ3) is 3.35. The molecule has 1 aromatic carbocycles. The number of carbonyl (C=O) groups excluding carboxylic acids is 1. The van der Waals surface area contributed by atoms with E-state index in [2.05, 4.69) is 58.9 Å². The number of carbonyl (C=O) groups is 1. The van der Waals surface area contributed by atoms with E-state index >= 15 is 0 Å². The Bertz CT molecular complexity index is 750. The van der Waals surface area contributed by atoms with E-state index in [9.17, 15) is 4.79 Å². The number of nitrogens with zero attached hydrogens (tertiary/aromatic N) is 3. The van der Waals surface area contributed by atoms with Gasteiger partial charge in [-0.2, -0.15) is 5.10 Å². The van der Waals surface area contributed by atoms with Crippen molar-refractivity contribution >= 4 is 5.91 Å². The van der Waals surface area contributed by atoms with Crippen LogP contribution in [0.25, 0.3) is 5.69 Å². The monoisotopic (exact) mass is 339 g/mol. The molecule has 4 nitrogen and oxygen atoms in total. The van der Waals surface area contributed by atoms with Gasteiger partial charge in [0, 0.05) is 13.1 Å². The number of hydrogen-bond donors (Lipinski definition) is 0. The van der Waals surface area contributed by atoms with Gasteiger partial charge < -0.3 is 4.90 Å². The molecule has 0 bridgehead atoms. The second-order valence-electron chi connectivity index (χ2n) is 7.70. The van der Waals surface area contributed by atoms with Gasteiger partial charge >= 0.3 is 0 Å². The van der Waals surface area contributed by atoms with E-state index in [1.165, 1.54) is 5.56 Å². The summed E-state index contributed by atoms with van der Waals surface area (Å²) in [6, 6.07) is 8.36. The molecule has 2 heterocycles. The van der Waals surface area contributed by atoms with Crippen LogP contribution in [0.5, 0.6) is 0 Å². The molecule has 0 saturated carbocycles.